The van der Waals surface area contributed by atoms with Crippen molar-refractivity contribution in [2.45, 2.75) is 26.0 Å². The monoisotopic (exact) mass is 274 g/mol. The van der Waals surface area contributed by atoms with E-state index in [1.165, 1.54) is 0 Å². The summed E-state index contributed by atoms with van der Waals surface area (Å²) in [5, 5.41) is 6.88. The predicted molar refractivity (Wildman–Crippen MR) is 74.2 cm³/mol. The molecule has 6 heteroatoms. The maximum Gasteiger partial charge on any atom is 0.221 e. The van der Waals surface area contributed by atoms with Crippen LogP contribution in [-0.2, 0) is 11.3 Å². The van der Waals surface area contributed by atoms with E-state index in [0.717, 1.165) is 0 Å². The Labute approximate surface area is 117 Å². The lowest BCUT2D eigenvalue weighted by Crippen LogP contribution is -2.34. The molecule has 0 aromatic carbocycles. The molecule has 2 aromatic heterocycles. The quantitative estimate of drug-likeness (QED) is 0.825. The molecule has 0 radical (unpaired) electrons. The zero-order valence-corrected chi connectivity index (χ0v) is 11.4. The number of hydrogen-bond donors (Lipinski definition) is 1. The van der Waals surface area contributed by atoms with Gasteiger partial charge in [0.25, 0.3) is 0 Å². The number of aryl methyl sites for hydroxylation is 1. The number of carbonyl (C=O) groups excluding carboxylic acids is 1. The Morgan fingerprint density at radius 1 is 1.45 bits per heavy atom. The molecule has 6 nitrogen and oxygen atoms in total. The average molecular weight is 274 g/mol. The minimum absolute atomic E-state index is 0.0119. The second-order valence-electron chi connectivity index (χ2n) is 4.44. The van der Waals surface area contributed by atoms with Crippen LogP contribution in [0, 0.1) is 0 Å². The van der Waals surface area contributed by atoms with Crippen LogP contribution in [0.25, 0.3) is 0 Å². The molecule has 0 aliphatic rings. The fraction of sp³-hybridized carbons (Fsp3) is 0.357. The smallest absolute Gasteiger partial charge is 0.221 e. The molecule has 0 unspecified atom stereocenters. The van der Waals surface area contributed by atoms with Crippen LogP contribution in [0.15, 0.2) is 43.0 Å². The molecular formula is C14H18N4O2. The first-order valence-electron chi connectivity index (χ1n) is 6.55. The highest BCUT2D eigenvalue weighted by molar-refractivity contribution is 5.75. The molecule has 106 valence electrons. The van der Waals surface area contributed by atoms with Crippen LogP contribution < -0.4 is 10.1 Å². The van der Waals surface area contributed by atoms with Gasteiger partial charge >= 0.3 is 0 Å². The normalized spacial score (nSPS) is 11.8. The summed E-state index contributed by atoms with van der Waals surface area (Å²) in [6.07, 6.45) is 7.17. The van der Waals surface area contributed by atoms with Crippen molar-refractivity contribution in [3.05, 3.63) is 43.0 Å². The van der Waals surface area contributed by atoms with Crippen molar-refractivity contribution >= 4 is 5.91 Å². The third-order valence-corrected chi connectivity index (χ3v) is 2.69. The molecule has 0 saturated carbocycles. The number of nitrogens with zero attached hydrogens (tertiary/aromatic N) is 3. The second kappa shape index (κ2) is 7.28. The molecule has 0 aliphatic heterocycles. The summed E-state index contributed by atoms with van der Waals surface area (Å²) in [5.74, 6) is 0.688. The van der Waals surface area contributed by atoms with E-state index >= 15 is 0 Å². The first-order valence-corrected chi connectivity index (χ1v) is 6.55. The summed E-state index contributed by atoms with van der Waals surface area (Å²) >= 11 is 0. The molecule has 1 N–H and O–H groups in total. The van der Waals surface area contributed by atoms with Crippen LogP contribution in [0.3, 0.4) is 0 Å². The average Bonchev–Trinajstić information content (AvgIpc) is 2.97. The maximum absolute atomic E-state index is 11.7. The molecule has 0 saturated heterocycles. The van der Waals surface area contributed by atoms with E-state index in [1.54, 1.807) is 23.3 Å². The van der Waals surface area contributed by atoms with Gasteiger partial charge in [0.15, 0.2) is 0 Å². The van der Waals surface area contributed by atoms with Gasteiger partial charge in [0.05, 0.1) is 12.7 Å². The summed E-state index contributed by atoms with van der Waals surface area (Å²) in [6.45, 7) is 2.95. The fourth-order valence-corrected chi connectivity index (χ4v) is 1.69. The van der Waals surface area contributed by atoms with Crippen molar-refractivity contribution < 1.29 is 9.53 Å². The third kappa shape index (κ3) is 4.72. The molecule has 1 amide bonds. The van der Waals surface area contributed by atoms with E-state index in [2.05, 4.69) is 15.4 Å². The number of aromatic nitrogens is 3. The number of pyridine rings is 1. The minimum Gasteiger partial charge on any atom is -0.487 e. The van der Waals surface area contributed by atoms with E-state index in [-0.39, 0.29) is 12.0 Å². The molecule has 0 aliphatic carbocycles. The second-order valence-corrected chi connectivity index (χ2v) is 4.44. The van der Waals surface area contributed by atoms with Crippen molar-refractivity contribution in [1.29, 1.82) is 0 Å². The van der Waals surface area contributed by atoms with Gasteiger partial charge in [0.1, 0.15) is 11.9 Å². The lowest BCUT2D eigenvalue weighted by Gasteiger charge is -2.15. The Kier molecular flexibility index (Phi) is 5.11. The van der Waals surface area contributed by atoms with Gasteiger partial charge in [-0.3, -0.25) is 14.5 Å². The molecular weight excluding hydrogens is 256 g/mol. The molecule has 1 atom stereocenters. The number of ether oxygens (including phenoxy) is 1. The number of carbonyl (C=O) groups is 1. The molecule has 0 spiro atoms. The van der Waals surface area contributed by atoms with Gasteiger partial charge in [-0.1, -0.05) is 0 Å². The van der Waals surface area contributed by atoms with Crippen molar-refractivity contribution in [3.8, 4) is 5.75 Å². The highest BCUT2D eigenvalue weighted by Crippen LogP contribution is 2.08. The van der Waals surface area contributed by atoms with Crippen molar-refractivity contribution in [2.24, 2.45) is 0 Å². The van der Waals surface area contributed by atoms with Crippen LogP contribution in [0.2, 0.25) is 0 Å². The Morgan fingerprint density at radius 2 is 2.35 bits per heavy atom. The van der Waals surface area contributed by atoms with Gasteiger partial charge in [-0.05, 0) is 25.1 Å². The Balaban J connectivity index is 1.65. The predicted octanol–water partition coefficient (Wildman–Crippen LogP) is 1.25. The SMILES string of the molecule is C[C@@H](CNC(=O)CCn1cccn1)Oc1cccnc1. The number of hydrogen-bond acceptors (Lipinski definition) is 4. The summed E-state index contributed by atoms with van der Waals surface area (Å²) in [4.78, 5) is 15.6. The molecule has 2 aromatic rings. The van der Waals surface area contributed by atoms with Gasteiger partial charge in [-0.25, -0.2) is 0 Å². The number of amides is 1. The van der Waals surface area contributed by atoms with Crippen LogP contribution in [0.5, 0.6) is 5.75 Å². The highest BCUT2D eigenvalue weighted by Gasteiger charge is 2.07. The van der Waals surface area contributed by atoms with Crippen molar-refractivity contribution in [2.75, 3.05) is 6.54 Å². The molecule has 2 heterocycles. The van der Waals surface area contributed by atoms with Gasteiger partial charge in [0.2, 0.25) is 5.91 Å². The van der Waals surface area contributed by atoms with Crippen LogP contribution in [-0.4, -0.2) is 33.3 Å². The summed E-state index contributed by atoms with van der Waals surface area (Å²) < 4.78 is 7.35. The molecule has 0 fully saturated rings. The summed E-state index contributed by atoms with van der Waals surface area (Å²) in [7, 11) is 0. The Bertz CT molecular complexity index is 513. The van der Waals surface area contributed by atoms with Crippen molar-refractivity contribution in [1.82, 2.24) is 20.1 Å². The van der Waals surface area contributed by atoms with E-state index in [1.807, 2.05) is 31.3 Å². The molecule has 0 bridgehead atoms. The zero-order chi connectivity index (χ0) is 14.2. The number of rotatable bonds is 7. The number of nitrogens with one attached hydrogen (secondary N) is 1. The van der Waals surface area contributed by atoms with E-state index in [0.29, 0.717) is 25.3 Å². The largest absolute Gasteiger partial charge is 0.487 e. The van der Waals surface area contributed by atoms with E-state index in [9.17, 15) is 4.79 Å². The fourth-order valence-electron chi connectivity index (χ4n) is 1.69. The van der Waals surface area contributed by atoms with Crippen molar-refractivity contribution in [3.63, 3.8) is 0 Å². The molecule has 2 rings (SSSR count). The lowest BCUT2D eigenvalue weighted by molar-refractivity contribution is -0.121. The van der Waals surface area contributed by atoms with E-state index < -0.39 is 0 Å². The van der Waals surface area contributed by atoms with Crippen LogP contribution in [0.1, 0.15) is 13.3 Å². The van der Waals surface area contributed by atoms with Gasteiger partial charge in [-0.15, -0.1) is 0 Å². The summed E-state index contributed by atoms with van der Waals surface area (Å²) in [5.41, 5.74) is 0. The van der Waals surface area contributed by atoms with Gasteiger partial charge in [0, 0.05) is 31.6 Å². The zero-order valence-electron chi connectivity index (χ0n) is 11.4. The first kappa shape index (κ1) is 14.0. The van der Waals surface area contributed by atoms with Crippen LogP contribution >= 0.6 is 0 Å². The first-order chi connectivity index (χ1) is 9.74. The van der Waals surface area contributed by atoms with Crippen LogP contribution in [0.4, 0.5) is 0 Å². The Morgan fingerprint density at radius 3 is 3.05 bits per heavy atom. The van der Waals surface area contributed by atoms with Gasteiger partial charge in [-0.2, -0.15) is 5.10 Å². The maximum atomic E-state index is 11.7. The standard InChI is InChI=1S/C14H18N4O2/c1-12(20-13-4-2-6-15-11-13)10-16-14(19)5-9-18-8-3-7-17-18/h2-4,6-8,11-12H,5,9-10H2,1H3,(H,16,19)/t12-/m0/s1. The third-order valence-electron chi connectivity index (χ3n) is 2.69. The minimum atomic E-state index is -0.104. The summed E-state index contributed by atoms with van der Waals surface area (Å²) in [6, 6.07) is 5.48. The molecule has 20 heavy (non-hydrogen) atoms. The Hall–Kier alpha value is -2.37. The lowest BCUT2D eigenvalue weighted by atomic mass is 10.3. The topological polar surface area (TPSA) is 69.0 Å². The highest BCUT2D eigenvalue weighted by atomic mass is 16.5. The van der Waals surface area contributed by atoms with E-state index in [4.69, 9.17) is 4.74 Å². The van der Waals surface area contributed by atoms with Gasteiger partial charge < -0.3 is 10.1 Å².